The summed E-state index contributed by atoms with van der Waals surface area (Å²) in [7, 11) is 0. The SMILES string of the molecule is Cc1cc(N)ccc1NC(=O)CN1CCCc2ccccc21. The molecule has 22 heavy (non-hydrogen) atoms. The lowest BCUT2D eigenvalue weighted by atomic mass is 10.0. The van der Waals surface area contributed by atoms with E-state index in [2.05, 4.69) is 28.4 Å². The van der Waals surface area contributed by atoms with Crippen LogP contribution in [0.5, 0.6) is 0 Å². The number of nitrogen functional groups attached to an aromatic ring is 1. The van der Waals surface area contributed by atoms with Crippen LogP contribution in [-0.4, -0.2) is 19.0 Å². The zero-order valence-electron chi connectivity index (χ0n) is 12.8. The lowest BCUT2D eigenvalue weighted by Gasteiger charge is -2.30. The molecule has 3 N–H and O–H groups in total. The Morgan fingerprint density at radius 2 is 2.09 bits per heavy atom. The highest BCUT2D eigenvalue weighted by atomic mass is 16.2. The standard InChI is InChI=1S/C18H21N3O/c1-13-11-15(19)8-9-16(13)20-18(22)12-21-10-4-6-14-5-2-3-7-17(14)21/h2-3,5,7-9,11H,4,6,10,12,19H2,1H3,(H,20,22). The molecular weight excluding hydrogens is 274 g/mol. The highest BCUT2D eigenvalue weighted by Gasteiger charge is 2.18. The number of hydrogen-bond acceptors (Lipinski definition) is 3. The third-order valence-corrected chi connectivity index (χ3v) is 4.07. The van der Waals surface area contributed by atoms with E-state index in [4.69, 9.17) is 5.73 Å². The Hall–Kier alpha value is -2.49. The number of fused-ring (bicyclic) bond motifs is 1. The van der Waals surface area contributed by atoms with Crippen LogP contribution >= 0.6 is 0 Å². The fourth-order valence-corrected chi connectivity index (χ4v) is 2.97. The summed E-state index contributed by atoms with van der Waals surface area (Å²) in [5, 5.41) is 2.98. The molecule has 4 heteroatoms. The smallest absolute Gasteiger partial charge is 0.243 e. The molecule has 0 atom stereocenters. The number of rotatable bonds is 3. The summed E-state index contributed by atoms with van der Waals surface area (Å²) in [4.78, 5) is 14.5. The van der Waals surface area contributed by atoms with Crippen molar-refractivity contribution in [3.63, 3.8) is 0 Å². The van der Waals surface area contributed by atoms with Gasteiger partial charge in [-0.05, 0) is 55.2 Å². The number of amides is 1. The molecule has 1 amide bonds. The van der Waals surface area contributed by atoms with Crippen molar-refractivity contribution in [2.75, 3.05) is 29.0 Å². The molecule has 4 nitrogen and oxygen atoms in total. The number of para-hydroxylation sites is 1. The Morgan fingerprint density at radius 3 is 2.91 bits per heavy atom. The summed E-state index contributed by atoms with van der Waals surface area (Å²) in [6.07, 6.45) is 2.18. The van der Waals surface area contributed by atoms with Gasteiger partial charge in [0.2, 0.25) is 5.91 Å². The van der Waals surface area contributed by atoms with E-state index in [-0.39, 0.29) is 5.91 Å². The fourth-order valence-electron chi connectivity index (χ4n) is 2.97. The molecule has 2 aromatic carbocycles. The first-order valence-electron chi connectivity index (χ1n) is 7.62. The van der Waals surface area contributed by atoms with Crippen molar-refractivity contribution in [2.45, 2.75) is 19.8 Å². The first-order valence-corrected chi connectivity index (χ1v) is 7.62. The molecule has 1 aliphatic rings. The number of nitrogens with two attached hydrogens (primary N) is 1. The topological polar surface area (TPSA) is 58.4 Å². The molecule has 0 spiro atoms. The predicted octanol–water partition coefficient (Wildman–Crippen LogP) is 2.97. The Morgan fingerprint density at radius 1 is 1.27 bits per heavy atom. The van der Waals surface area contributed by atoms with E-state index in [1.54, 1.807) is 6.07 Å². The second-order valence-electron chi connectivity index (χ2n) is 5.78. The summed E-state index contributed by atoms with van der Waals surface area (Å²) in [5.74, 6) is 0.00424. The molecule has 0 saturated heterocycles. The molecule has 114 valence electrons. The van der Waals surface area contributed by atoms with Crippen LogP contribution in [0.1, 0.15) is 17.5 Å². The number of anilines is 3. The van der Waals surface area contributed by atoms with Crippen LogP contribution in [0.3, 0.4) is 0 Å². The summed E-state index contributed by atoms with van der Waals surface area (Å²) in [5.41, 5.74) is 10.8. The second-order valence-corrected chi connectivity index (χ2v) is 5.78. The third kappa shape index (κ3) is 3.06. The van der Waals surface area contributed by atoms with Gasteiger partial charge in [0.1, 0.15) is 0 Å². The van der Waals surface area contributed by atoms with Gasteiger partial charge in [0.15, 0.2) is 0 Å². The Balaban J connectivity index is 1.70. The summed E-state index contributed by atoms with van der Waals surface area (Å²) < 4.78 is 0. The maximum Gasteiger partial charge on any atom is 0.243 e. The molecule has 0 fully saturated rings. The number of nitrogens with one attached hydrogen (secondary N) is 1. The van der Waals surface area contributed by atoms with Gasteiger partial charge in [0.25, 0.3) is 0 Å². The van der Waals surface area contributed by atoms with Crippen molar-refractivity contribution in [3.05, 3.63) is 53.6 Å². The van der Waals surface area contributed by atoms with Crippen LogP contribution in [0, 0.1) is 6.92 Å². The molecule has 1 aliphatic heterocycles. The number of benzene rings is 2. The fraction of sp³-hybridized carbons (Fsp3) is 0.278. The molecule has 1 heterocycles. The van der Waals surface area contributed by atoms with Crippen molar-refractivity contribution in [2.24, 2.45) is 0 Å². The van der Waals surface area contributed by atoms with Gasteiger partial charge in [-0.2, -0.15) is 0 Å². The lowest BCUT2D eigenvalue weighted by Crippen LogP contribution is -2.36. The minimum Gasteiger partial charge on any atom is -0.399 e. The van der Waals surface area contributed by atoms with Gasteiger partial charge in [-0.25, -0.2) is 0 Å². The Kier molecular flexibility index (Phi) is 4.00. The molecule has 0 saturated carbocycles. The van der Waals surface area contributed by atoms with E-state index in [0.29, 0.717) is 12.2 Å². The van der Waals surface area contributed by atoms with E-state index < -0.39 is 0 Å². The van der Waals surface area contributed by atoms with Gasteiger partial charge in [-0.1, -0.05) is 18.2 Å². The largest absolute Gasteiger partial charge is 0.399 e. The number of nitrogens with zero attached hydrogens (tertiary/aromatic N) is 1. The van der Waals surface area contributed by atoms with Gasteiger partial charge in [0.05, 0.1) is 6.54 Å². The van der Waals surface area contributed by atoms with Crippen LogP contribution in [0.25, 0.3) is 0 Å². The molecule has 2 aromatic rings. The number of aryl methyl sites for hydroxylation is 2. The van der Waals surface area contributed by atoms with Crippen molar-refractivity contribution in [1.29, 1.82) is 0 Å². The number of hydrogen-bond donors (Lipinski definition) is 2. The quantitative estimate of drug-likeness (QED) is 0.856. The molecule has 0 radical (unpaired) electrons. The third-order valence-electron chi connectivity index (χ3n) is 4.07. The average Bonchev–Trinajstić information content (AvgIpc) is 2.50. The number of carbonyl (C=O) groups is 1. The van der Waals surface area contributed by atoms with Crippen molar-refractivity contribution in [1.82, 2.24) is 0 Å². The summed E-state index contributed by atoms with van der Waals surface area (Å²) in [6, 6.07) is 13.8. The zero-order valence-corrected chi connectivity index (χ0v) is 12.8. The lowest BCUT2D eigenvalue weighted by molar-refractivity contribution is -0.115. The molecule has 0 aliphatic carbocycles. The molecule has 0 unspecified atom stereocenters. The van der Waals surface area contributed by atoms with Gasteiger partial charge in [-0.3, -0.25) is 4.79 Å². The van der Waals surface area contributed by atoms with Gasteiger partial charge >= 0.3 is 0 Å². The minimum atomic E-state index is 0.00424. The van der Waals surface area contributed by atoms with E-state index in [1.165, 1.54) is 11.3 Å². The highest BCUT2D eigenvalue weighted by molar-refractivity contribution is 5.95. The first-order chi connectivity index (χ1) is 10.6. The molecule has 0 aromatic heterocycles. The van der Waals surface area contributed by atoms with Gasteiger partial charge in [0, 0.05) is 23.6 Å². The average molecular weight is 295 g/mol. The normalized spacial score (nSPS) is 13.6. The maximum absolute atomic E-state index is 12.3. The van der Waals surface area contributed by atoms with Crippen molar-refractivity contribution < 1.29 is 4.79 Å². The zero-order chi connectivity index (χ0) is 15.5. The van der Waals surface area contributed by atoms with E-state index in [9.17, 15) is 4.79 Å². The first kappa shape index (κ1) is 14.4. The Labute approximate surface area is 130 Å². The van der Waals surface area contributed by atoms with Crippen molar-refractivity contribution >= 4 is 23.0 Å². The summed E-state index contributed by atoms with van der Waals surface area (Å²) in [6.45, 7) is 3.24. The molecule has 0 bridgehead atoms. The van der Waals surface area contributed by atoms with Crippen LogP contribution in [-0.2, 0) is 11.2 Å². The summed E-state index contributed by atoms with van der Waals surface area (Å²) >= 11 is 0. The Bertz CT molecular complexity index is 696. The minimum absolute atomic E-state index is 0.00424. The van der Waals surface area contributed by atoms with Gasteiger partial charge < -0.3 is 16.0 Å². The van der Waals surface area contributed by atoms with E-state index >= 15 is 0 Å². The monoisotopic (exact) mass is 295 g/mol. The van der Waals surface area contributed by atoms with Crippen LogP contribution in [0.15, 0.2) is 42.5 Å². The maximum atomic E-state index is 12.3. The van der Waals surface area contributed by atoms with E-state index in [0.717, 1.165) is 30.6 Å². The second kappa shape index (κ2) is 6.10. The molecular formula is C18H21N3O. The molecule has 3 rings (SSSR count). The predicted molar refractivity (Wildman–Crippen MR) is 91.2 cm³/mol. The number of carbonyl (C=O) groups excluding carboxylic acids is 1. The van der Waals surface area contributed by atoms with Crippen LogP contribution in [0.4, 0.5) is 17.1 Å². The van der Waals surface area contributed by atoms with E-state index in [1.807, 2.05) is 25.1 Å². The van der Waals surface area contributed by atoms with Crippen LogP contribution in [0.2, 0.25) is 0 Å². The van der Waals surface area contributed by atoms with Crippen molar-refractivity contribution in [3.8, 4) is 0 Å². The van der Waals surface area contributed by atoms with Crippen LogP contribution < -0.4 is 16.0 Å². The van der Waals surface area contributed by atoms with Gasteiger partial charge in [-0.15, -0.1) is 0 Å². The highest BCUT2D eigenvalue weighted by Crippen LogP contribution is 2.26.